The lowest BCUT2D eigenvalue weighted by molar-refractivity contribution is 0.199. The van der Waals surface area contributed by atoms with Gasteiger partial charge in [-0.15, -0.1) is 0 Å². The molecule has 0 saturated carbocycles. The Morgan fingerprint density at radius 3 is 3.17 bits per heavy atom. The van der Waals surface area contributed by atoms with Crippen LogP contribution in [0.15, 0.2) is 18.3 Å². The molecule has 1 N–H and O–H groups in total. The summed E-state index contributed by atoms with van der Waals surface area (Å²) in [5, 5.41) is 3.39. The van der Waals surface area contributed by atoms with Crippen LogP contribution in [0.1, 0.15) is 18.9 Å². The Kier molecular flexibility index (Phi) is 4.96. The molecule has 2 rings (SSSR count). The molecule has 100 valence electrons. The second-order valence-corrected chi connectivity index (χ2v) is 5.00. The minimum atomic E-state index is 0.746. The van der Waals surface area contributed by atoms with E-state index in [9.17, 15) is 0 Å². The molecule has 1 atom stereocenters. The van der Waals surface area contributed by atoms with Crippen LogP contribution >= 0.6 is 0 Å². The summed E-state index contributed by atoms with van der Waals surface area (Å²) in [7, 11) is 1.73. The molecule has 1 saturated heterocycles. The minimum absolute atomic E-state index is 0.746. The maximum Gasteiger partial charge on any atom is 0.133 e. The van der Waals surface area contributed by atoms with Gasteiger partial charge in [0.15, 0.2) is 0 Å². The van der Waals surface area contributed by atoms with Crippen molar-refractivity contribution in [2.75, 3.05) is 38.3 Å². The summed E-state index contributed by atoms with van der Waals surface area (Å²) in [5.74, 6) is 1.92. The van der Waals surface area contributed by atoms with Gasteiger partial charge in [0.05, 0.1) is 6.61 Å². The fraction of sp³-hybridized carbons (Fsp3) is 0.643. The molecule has 4 nitrogen and oxygen atoms in total. The largest absolute Gasteiger partial charge is 0.383 e. The van der Waals surface area contributed by atoms with Crippen molar-refractivity contribution in [3.05, 3.63) is 23.9 Å². The predicted molar refractivity (Wildman–Crippen MR) is 73.8 cm³/mol. The maximum absolute atomic E-state index is 5.04. The van der Waals surface area contributed by atoms with Gasteiger partial charge in [-0.1, -0.05) is 13.0 Å². The third-order valence-corrected chi connectivity index (χ3v) is 3.39. The SMILES string of the molecule is COCCNCc1cccnc1N1CCC(C)C1. The van der Waals surface area contributed by atoms with Crippen molar-refractivity contribution >= 4 is 5.82 Å². The van der Waals surface area contributed by atoms with Gasteiger partial charge < -0.3 is 15.0 Å². The zero-order valence-corrected chi connectivity index (χ0v) is 11.4. The molecule has 1 unspecified atom stereocenters. The molecule has 1 aromatic rings. The first-order valence-corrected chi connectivity index (χ1v) is 6.69. The lowest BCUT2D eigenvalue weighted by Gasteiger charge is -2.20. The number of hydrogen-bond donors (Lipinski definition) is 1. The van der Waals surface area contributed by atoms with Crippen LogP contribution in [0.4, 0.5) is 5.82 Å². The van der Waals surface area contributed by atoms with E-state index in [1.165, 1.54) is 12.0 Å². The first-order valence-electron chi connectivity index (χ1n) is 6.69. The summed E-state index contributed by atoms with van der Waals surface area (Å²) in [6.45, 7) is 7.04. The van der Waals surface area contributed by atoms with Gasteiger partial charge in [0.2, 0.25) is 0 Å². The Balaban J connectivity index is 1.97. The average molecular weight is 249 g/mol. The number of hydrogen-bond acceptors (Lipinski definition) is 4. The summed E-state index contributed by atoms with van der Waals surface area (Å²) in [5.41, 5.74) is 1.28. The monoisotopic (exact) mass is 249 g/mol. The van der Waals surface area contributed by atoms with Crippen molar-refractivity contribution in [2.45, 2.75) is 19.9 Å². The summed E-state index contributed by atoms with van der Waals surface area (Å²) < 4.78 is 5.04. The lowest BCUT2D eigenvalue weighted by Crippen LogP contribution is -2.25. The van der Waals surface area contributed by atoms with Crippen LogP contribution in [-0.4, -0.2) is 38.3 Å². The Morgan fingerprint density at radius 1 is 1.56 bits per heavy atom. The van der Waals surface area contributed by atoms with E-state index in [1.54, 1.807) is 7.11 Å². The van der Waals surface area contributed by atoms with E-state index >= 15 is 0 Å². The summed E-state index contributed by atoms with van der Waals surface area (Å²) in [4.78, 5) is 6.95. The summed E-state index contributed by atoms with van der Waals surface area (Å²) >= 11 is 0. The van der Waals surface area contributed by atoms with Crippen LogP contribution in [-0.2, 0) is 11.3 Å². The highest BCUT2D eigenvalue weighted by Crippen LogP contribution is 2.24. The summed E-state index contributed by atoms with van der Waals surface area (Å²) in [6.07, 6.45) is 3.16. The van der Waals surface area contributed by atoms with Gasteiger partial charge in [0.25, 0.3) is 0 Å². The number of rotatable bonds is 6. The first kappa shape index (κ1) is 13.3. The van der Waals surface area contributed by atoms with E-state index in [4.69, 9.17) is 4.74 Å². The van der Waals surface area contributed by atoms with Gasteiger partial charge in [-0.2, -0.15) is 0 Å². The van der Waals surface area contributed by atoms with Crippen LogP contribution in [0.3, 0.4) is 0 Å². The number of pyridine rings is 1. The van der Waals surface area contributed by atoms with E-state index in [0.29, 0.717) is 0 Å². The van der Waals surface area contributed by atoms with E-state index in [-0.39, 0.29) is 0 Å². The Morgan fingerprint density at radius 2 is 2.44 bits per heavy atom. The topological polar surface area (TPSA) is 37.4 Å². The number of nitrogens with one attached hydrogen (secondary N) is 1. The fourth-order valence-corrected chi connectivity index (χ4v) is 2.38. The predicted octanol–water partition coefficient (Wildman–Crippen LogP) is 1.66. The maximum atomic E-state index is 5.04. The number of ether oxygens (including phenoxy) is 1. The number of methoxy groups -OCH3 is 1. The lowest BCUT2D eigenvalue weighted by atomic mass is 10.2. The van der Waals surface area contributed by atoms with Gasteiger partial charge in [0.1, 0.15) is 5.82 Å². The highest BCUT2D eigenvalue weighted by atomic mass is 16.5. The van der Waals surface area contributed by atoms with E-state index in [2.05, 4.69) is 28.2 Å². The molecule has 1 fully saturated rings. The molecule has 1 aromatic heterocycles. The second kappa shape index (κ2) is 6.71. The molecule has 0 aliphatic carbocycles. The van der Waals surface area contributed by atoms with Crippen molar-refractivity contribution in [3.63, 3.8) is 0 Å². The Labute approximate surface area is 109 Å². The highest BCUT2D eigenvalue weighted by Gasteiger charge is 2.21. The molecular formula is C14H23N3O. The zero-order chi connectivity index (χ0) is 12.8. The number of aromatic nitrogens is 1. The van der Waals surface area contributed by atoms with Crippen molar-refractivity contribution < 1.29 is 4.74 Å². The molecule has 4 heteroatoms. The molecule has 1 aliphatic rings. The molecule has 0 spiro atoms. The normalized spacial score (nSPS) is 19.4. The second-order valence-electron chi connectivity index (χ2n) is 5.00. The molecule has 0 radical (unpaired) electrons. The van der Waals surface area contributed by atoms with Crippen LogP contribution in [0, 0.1) is 5.92 Å². The van der Waals surface area contributed by atoms with Gasteiger partial charge >= 0.3 is 0 Å². The van der Waals surface area contributed by atoms with E-state index < -0.39 is 0 Å². The van der Waals surface area contributed by atoms with Crippen molar-refractivity contribution in [3.8, 4) is 0 Å². The van der Waals surface area contributed by atoms with Crippen molar-refractivity contribution in [1.82, 2.24) is 10.3 Å². The Bertz CT molecular complexity index is 370. The quantitative estimate of drug-likeness (QED) is 0.778. The highest BCUT2D eigenvalue weighted by molar-refractivity contribution is 5.47. The molecule has 18 heavy (non-hydrogen) atoms. The Hall–Kier alpha value is -1.13. The smallest absolute Gasteiger partial charge is 0.133 e. The van der Waals surface area contributed by atoms with Crippen molar-refractivity contribution in [1.29, 1.82) is 0 Å². The number of anilines is 1. The van der Waals surface area contributed by atoms with Crippen molar-refractivity contribution in [2.24, 2.45) is 5.92 Å². The minimum Gasteiger partial charge on any atom is -0.383 e. The zero-order valence-electron chi connectivity index (χ0n) is 11.4. The average Bonchev–Trinajstić information content (AvgIpc) is 2.82. The first-order chi connectivity index (χ1) is 8.81. The van der Waals surface area contributed by atoms with Gasteiger partial charge in [0, 0.05) is 45.0 Å². The number of nitrogens with zero attached hydrogens (tertiary/aromatic N) is 2. The van der Waals surface area contributed by atoms with Crippen LogP contribution < -0.4 is 10.2 Å². The third kappa shape index (κ3) is 3.43. The van der Waals surface area contributed by atoms with Gasteiger partial charge in [-0.3, -0.25) is 0 Å². The molecule has 0 amide bonds. The van der Waals surface area contributed by atoms with Gasteiger partial charge in [-0.05, 0) is 18.4 Å². The van der Waals surface area contributed by atoms with Gasteiger partial charge in [-0.25, -0.2) is 4.98 Å². The van der Waals surface area contributed by atoms with Crippen LogP contribution in [0.5, 0.6) is 0 Å². The third-order valence-electron chi connectivity index (χ3n) is 3.39. The summed E-state index contributed by atoms with van der Waals surface area (Å²) in [6, 6.07) is 4.17. The van der Waals surface area contributed by atoms with E-state index in [0.717, 1.165) is 44.5 Å². The molecular weight excluding hydrogens is 226 g/mol. The van der Waals surface area contributed by atoms with Crippen LogP contribution in [0.2, 0.25) is 0 Å². The molecule has 0 bridgehead atoms. The fourth-order valence-electron chi connectivity index (χ4n) is 2.38. The standard InChI is InChI=1S/C14H23N3O/c1-12-5-8-17(11-12)14-13(4-3-6-16-14)10-15-7-9-18-2/h3-4,6,12,15H,5,7-11H2,1-2H3. The van der Waals surface area contributed by atoms with E-state index in [1.807, 2.05) is 12.3 Å². The molecule has 2 heterocycles. The van der Waals surface area contributed by atoms with Crippen LogP contribution in [0.25, 0.3) is 0 Å². The molecule has 1 aliphatic heterocycles. The molecule has 0 aromatic carbocycles.